The lowest BCUT2D eigenvalue weighted by molar-refractivity contribution is 0.0742. The summed E-state index contributed by atoms with van der Waals surface area (Å²) in [5.74, 6) is 1.05. The zero-order valence-corrected chi connectivity index (χ0v) is 13.8. The summed E-state index contributed by atoms with van der Waals surface area (Å²) in [6.07, 6.45) is -1.03. The van der Waals surface area contributed by atoms with E-state index >= 15 is 0 Å². The summed E-state index contributed by atoms with van der Waals surface area (Å²) in [5, 5.41) is 10.9. The van der Waals surface area contributed by atoms with E-state index in [2.05, 4.69) is 12.2 Å². The Labute approximate surface area is 142 Å². The number of rotatable bonds is 9. The van der Waals surface area contributed by atoms with Crippen LogP contribution in [0, 0.1) is 5.92 Å². The topological polar surface area (TPSA) is 67.8 Å². The van der Waals surface area contributed by atoms with Gasteiger partial charge in [0, 0.05) is 12.5 Å². The third-order valence-corrected chi connectivity index (χ3v) is 3.42. The van der Waals surface area contributed by atoms with Crippen LogP contribution in [-0.4, -0.2) is 24.4 Å². The molecule has 2 rings (SSSR count). The molecule has 0 saturated heterocycles. The molecule has 5 heteroatoms. The minimum Gasteiger partial charge on any atom is -0.493 e. The van der Waals surface area contributed by atoms with Crippen LogP contribution in [0.1, 0.15) is 18.1 Å². The van der Waals surface area contributed by atoms with Gasteiger partial charge in [0.15, 0.2) is 0 Å². The van der Waals surface area contributed by atoms with Crippen molar-refractivity contribution in [1.29, 1.82) is 0 Å². The van der Waals surface area contributed by atoms with Gasteiger partial charge in [0.2, 0.25) is 0 Å². The summed E-state index contributed by atoms with van der Waals surface area (Å²) in [6.45, 7) is 4.18. The van der Waals surface area contributed by atoms with Gasteiger partial charge < -0.3 is 19.9 Å². The van der Waals surface area contributed by atoms with E-state index in [0.29, 0.717) is 26.4 Å². The summed E-state index contributed by atoms with van der Waals surface area (Å²) < 4.78 is 11.4. The van der Waals surface area contributed by atoms with Gasteiger partial charge in [-0.15, -0.1) is 0 Å². The Morgan fingerprint density at radius 3 is 2.42 bits per heavy atom. The van der Waals surface area contributed by atoms with E-state index in [1.165, 1.54) is 0 Å². The van der Waals surface area contributed by atoms with Crippen molar-refractivity contribution in [2.24, 2.45) is 5.92 Å². The van der Waals surface area contributed by atoms with Crippen molar-refractivity contribution in [2.75, 3.05) is 13.2 Å². The number of carbonyl (C=O) groups is 1. The Morgan fingerprint density at radius 2 is 1.75 bits per heavy atom. The Kier molecular flexibility index (Phi) is 7.11. The largest absolute Gasteiger partial charge is 0.493 e. The zero-order valence-electron chi connectivity index (χ0n) is 13.8. The van der Waals surface area contributed by atoms with E-state index in [-0.39, 0.29) is 5.92 Å². The van der Waals surface area contributed by atoms with Crippen LogP contribution >= 0.6 is 0 Å². The molecule has 2 aromatic rings. The van der Waals surface area contributed by atoms with Crippen LogP contribution in [0.2, 0.25) is 0 Å². The molecule has 2 N–H and O–H groups in total. The minimum absolute atomic E-state index is 0.280. The third-order valence-electron chi connectivity index (χ3n) is 3.42. The number of ether oxygens (including phenoxy) is 2. The smallest absolute Gasteiger partial charge is 0.404 e. The molecular weight excluding hydrogens is 306 g/mol. The number of hydrogen-bond acceptors (Lipinski definition) is 3. The predicted molar refractivity (Wildman–Crippen MR) is 92.1 cm³/mol. The van der Waals surface area contributed by atoms with E-state index in [9.17, 15) is 4.79 Å². The van der Waals surface area contributed by atoms with Gasteiger partial charge in [0.1, 0.15) is 5.75 Å². The highest BCUT2D eigenvalue weighted by Gasteiger charge is 2.05. The number of benzene rings is 2. The number of amides is 1. The summed E-state index contributed by atoms with van der Waals surface area (Å²) >= 11 is 0. The molecule has 0 fully saturated rings. The summed E-state index contributed by atoms with van der Waals surface area (Å²) in [7, 11) is 0. The van der Waals surface area contributed by atoms with E-state index in [1.807, 2.05) is 54.6 Å². The molecule has 1 atom stereocenters. The second-order valence-electron chi connectivity index (χ2n) is 5.72. The number of carboxylic acid groups (broad SMARTS) is 1. The van der Waals surface area contributed by atoms with Crippen LogP contribution in [-0.2, 0) is 17.9 Å². The van der Waals surface area contributed by atoms with Gasteiger partial charge in [-0.3, -0.25) is 0 Å². The molecule has 0 heterocycles. The fourth-order valence-corrected chi connectivity index (χ4v) is 2.12. The average molecular weight is 329 g/mol. The molecule has 0 aromatic heterocycles. The van der Waals surface area contributed by atoms with Crippen molar-refractivity contribution in [3.8, 4) is 5.75 Å². The third kappa shape index (κ3) is 6.71. The van der Waals surface area contributed by atoms with Crippen molar-refractivity contribution in [3.63, 3.8) is 0 Å². The lowest BCUT2D eigenvalue weighted by Crippen LogP contribution is -2.19. The molecule has 128 valence electrons. The Balaban J connectivity index is 1.65. The molecule has 1 amide bonds. The Hall–Kier alpha value is -2.53. The molecule has 1 unspecified atom stereocenters. The summed E-state index contributed by atoms with van der Waals surface area (Å²) in [5.41, 5.74) is 2.06. The van der Waals surface area contributed by atoms with Gasteiger partial charge in [0.05, 0.1) is 19.8 Å². The van der Waals surface area contributed by atoms with Crippen molar-refractivity contribution in [1.82, 2.24) is 5.32 Å². The fourth-order valence-electron chi connectivity index (χ4n) is 2.12. The highest BCUT2D eigenvalue weighted by atomic mass is 16.5. The Morgan fingerprint density at radius 1 is 1.04 bits per heavy atom. The van der Waals surface area contributed by atoms with Crippen molar-refractivity contribution < 1.29 is 19.4 Å². The molecule has 2 aromatic carbocycles. The SMILES string of the molecule is CC(COCc1ccccc1)COc1ccc(CNC(=O)O)cc1. The standard InChI is InChI=1S/C19H23NO4/c1-15(12-23-14-17-5-3-2-4-6-17)13-24-18-9-7-16(8-10-18)11-20-19(21)22/h2-10,15,20H,11-14H2,1H3,(H,21,22). The maximum Gasteiger partial charge on any atom is 0.404 e. The van der Waals surface area contributed by atoms with Crippen LogP contribution in [0.25, 0.3) is 0 Å². The molecule has 0 aliphatic rings. The van der Waals surface area contributed by atoms with Crippen molar-refractivity contribution in [3.05, 3.63) is 65.7 Å². The molecule has 0 aliphatic carbocycles. The second-order valence-corrected chi connectivity index (χ2v) is 5.72. The quantitative estimate of drug-likeness (QED) is 0.736. The van der Waals surface area contributed by atoms with E-state index in [4.69, 9.17) is 14.6 Å². The van der Waals surface area contributed by atoms with Crippen molar-refractivity contribution >= 4 is 6.09 Å². The van der Waals surface area contributed by atoms with Crippen LogP contribution in [0.5, 0.6) is 5.75 Å². The van der Waals surface area contributed by atoms with Gasteiger partial charge in [-0.25, -0.2) is 4.79 Å². The minimum atomic E-state index is -1.03. The van der Waals surface area contributed by atoms with Gasteiger partial charge >= 0.3 is 6.09 Å². The maximum absolute atomic E-state index is 10.4. The molecule has 0 saturated carbocycles. The monoisotopic (exact) mass is 329 g/mol. The highest BCUT2D eigenvalue weighted by molar-refractivity contribution is 5.64. The molecule has 0 radical (unpaired) electrons. The first-order chi connectivity index (χ1) is 11.6. The van der Waals surface area contributed by atoms with Crippen molar-refractivity contribution in [2.45, 2.75) is 20.1 Å². The molecule has 0 spiro atoms. The number of hydrogen-bond donors (Lipinski definition) is 2. The average Bonchev–Trinajstić information content (AvgIpc) is 2.60. The summed E-state index contributed by atoms with van der Waals surface area (Å²) in [6, 6.07) is 17.5. The van der Waals surface area contributed by atoms with Gasteiger partial charge in [0.25, 0.3) is 0 Å². The highest BCUT2D eigenvalue weighted by Crippen LogP contribution is 2.13. The molecular formula is C19H23NO4. The van der Waals surface area contributed by atoms with Gasteiger partial charge in [-0.1, -0.05) is 49.4 Å². The lowest BCUT2D eigenvalue weighted by atomic mass is 10.2. The lowest BCUT2D eigenvalue weighted by Gasteiger charge is -2.14. The fraction of sp³-hybridized carbons (Fsp3) is 0.316. The summed E-state index contributed by atoms with van der Waals surface area (Å²) in [4.78, 5) is 10.4. The Bertz CT molecular complexity index is 613. The van der Waals surface area contributed by atoms with E-state index in [1.54, 1.807) is 0 Å². The van der Waals surface area contributed by atoms with E-state index in [0.717, 1.165) is 16.9 Å². The van der Waals surface area contributed by atoms with Gasteiger partial charge in [-0.2, -0.15) is 0 Å². The zero-order chi connectivity index (χ0) is 17.2. The molecule has 5 nitrogen and oxygen atoms in total. The van der Waals surface area contributed by atoms with Crippen LogP contribution in [0.4, 0.5) is 4.79 Å². The first-order valence-electron chi connectivity index (χ1n) is 7.93. The first kappa shape index (κ1) is 17.8. The predicted octanol–water partition coefficient (Wildman–Crippen LogP) is 3.69. The van der Waals surface area contributed by atoms with Crippen LogP contribution in [0.3, 0.4) is 0 Å². The maximum atomic E-state index is 10.4. The second kappa shape index (κ2) is 9.57. The molecule has 0 bridgehead atoms. The number of nitrogens with one attached hydrogen (secondary N) is 1. The van der Waals surface area contributed by atoms with E-state index < -0.39 is 6.09 Å². The van der Waals surface area contributed by atoms with Gasteiger partial charge in [-0.05, 0) is 23.3 Å². The first-order valence-corrected chi connectivity index (χ1v) is 7.93. The van der Waals surface area contributed by atoms with Crippen LogP contribution in [0.15, 0.2) is 54.6 Å². The molecule has 24 heavy (non-hydrogen) atoms. The normalized spacial score (nSPS) is 11.7. The molecule has 0 aliphatic heterocycles. The van der Waals surface area contributed by atoms with Crippen LogP contribution < -0.4 is 10.1 Å².